The zero-order chi connectivity index (χ0) is 17.9. The van der Waals surface area contributed by atoms with Crippen LogP contribution in [0.4, 0.5) is 0 Å². The molecule has 3 nitrogen and oxygen atoms in total. The maximum Gasteiger partial charge on any atom is 0.222 e. The fourth-order valence-electron chi connectivity index (χ4n) is 4.48. The first-order valence-corrected chi connectivity index (χ1v) is 9.93. The number of amides is 1. The molecule has 2 fully saturated rings. The van der Waals surface area contributed by atoms with Gasteiger partial charge in [0.2, 0.25) is 5.91 Å². The van der Waals surface area contributed by atoms with Gasteiger partial charge < -0.3 is 5.32 Å². The number of fused-ring (bicyclic) bond motifs is 1. The van der Waals surface area contributed by atoms with Crippen molar-refractivity contribution in [2.45, 2.75) is 56.8 Å². The number of nitrogens with one attached hydrogen (secondary N) is 1. The van der Waals surface area contributed by atoms with E-state index < -0.39 is 0 Å². The lowest BCUT2D eigenvalue weighted by atomic mass is 9.88. The van der Waals surface area contributed by atoms with Crippen LogP contribution in [0.15, 0.2) is 54.6 Å². The molecule has 1 saturated carbocycles. The molecule has 26 heavy (non-hydrogen) atoms. The molecule has 2 aromatic carbocycles. The van der Waals surface area contributed by atoms with Crippen LogP contribution in [0.3, 0.4) is 0 Å². The predicted molar refractivity (Wildman–Crippen MR) is 105 cm³/mol. The minimum absolute atomic E-state index is 0.0839. The number of carbonyl (C=O) groups is 1. The molecule has 3 atom stereocenters. The van der Waals surface area contributed by atoms with Gasteiger partial charge in [-0.15, -0.1) is 0 Å². The van der Waals surface area contributed by atoms with Crippen LogP contribution in [0.1, 0.15) is 49.3 Å². The maximum atomic E-state index is 12.6. The van der Waals surface area contributed by atoms with Gasteiger partial charge in [-0.1, -0.05) is 66.9 Å². The Balaban J connectivity index is 1.71. The van der Waals surface area contributed by atoms with Gasteiger partial charge >= 0.3 is 0 Å². The Morgan fingerprint density at radius 2 is 1.73 bits per heavy atom. The molecule has 4 heteroatoms. The molecule has 1 aliphatic heterocycles. The second kappa shape index (κ2) is 7.81. The first kappa shape index (κ1) is 17.6. The average Bonchev–Trinajstić information content (AvgIpc) is 2.80. The van der Waals surface area contributed by atoms with Crippen LogP contribution in [0, 0.1) is 0 Å². The van der Waals surface area contributed by atoms with E-state index in [9.17, 15) is 4.79 Å². The molecule has 1 aliphatic carbocycles. The maximum absolute atomic E-state index is 12.6. The molecule has 1 saturated heterocycles. The van der Waals surface area contributed by atoms with Gasteiger partial charge in [0.15, 0.2) is 0 Å². The van der Waals surface area contributed by atoms with Crippen molar-refractivity contribution in [3.63, 3.8) is 0 Å². The number of rotatable bonds is 3. The van der Waals surface area contributed by atoms with Crippen LogP contribution in [0.25, 0.3) is 0 Å². The van der Waals surface area contributed by atoms with Crippen LogP contribution in [-0.2, 0) is 11.3 Å². The van der Waals surface area contributed by atoms with E-state index in [1.54, 1.807) is 0 Å². The molecule has 1 heterocycles. The number of benzene rings is 2. The van der Waals surface area contributed by atoms with E-state index in [0.717, 1.165) is 24.4 Å². The van der Waals surface area contributed by atoms with E-state index >= 15 is 0 Å². The highest BCUT2D eigenvalue weighted by Gasteiger charge is 2.39. The van der Waals surface area contributed by atoms with E-state index in [2.05, 4.69) is 52.7 Å². The zero-order valence-electron chi connectivity index (χ0n) is 14.9. The zero-order valence-corrected chi connectivity index (χ0v) is 15.7. The monoisotopic (exact) mass is 368 g/mol. The standard InChI is InChI=1S/C22H25ClN2O/c23-18-12-10-17(11-13-18)21-14-22(26)24-19-8-4-5-9-20(19)25(21)15-16-6-2-1-3-7-16/h1-3,6-7,10-13,19-21H,4-5,8-9,14-15H2,(H,24,26). The fourth-order valence-corrected chi connectivity index (χ4v) is 4.61. The summed E-state index contributed by atoms with van der Waals surface area (Å²) in [6.45, 7) is 0.865. The molecule has 0 bridgehead atoms. The Morgan fingerprint density at radius 3 is 2.50 bits per heavy atom. The summed E-state index contributed by atoms with van der Waals surface area (Å²) in [4.78, 5) is 15.2. The van der Waals surface area contributed by atoms with Gasteiger partial charge in [-0.25, -0.2) is 0 Å². The highest BCUT2D eigenvalue weighted by atomic mass is 35.5. The van der Waals surface area contributed by atoms with Gasteiger partial charge in [-0.2, -0.15) is 0 Å². The van der Waals surface area contributed by atoms with Crippen molar-refractivity contribution in [3.8, 4) is 0 Å². The summed E-state index contributed by atoms with van der Waals surface area (Å²) < 4.78 is 0. The second-order valence-corrected chi connectivity index (χ2v) is 7.89. The predicted octanol–water partition coefficient (Wildman–Crippen LogP) is 4.71. The van der Waals surface area contributed by atoms with Crippen molar-refractivity contribution in [2.75, 3.05) is 0 Å². The van der Waals surface area contributed by atoms with Crippen molar-refractivity contribution in [1.29, 1.82) is 0 Å². The third kappa shape index (κ3) is 3.79. The quantitative estimate of drug-likeness (QED) is 0.850. The molecule has 0 spiro atoms. The van der Waals surface area contributed by atoms with Gasteiger partial charge in [0.25, 0.3) is 0 Å². The minimum atomic E-state index is 0.0839. The summed E-state index contributed by atoms with van der Waals surface area (Å²) in [5, 5.41) is 4.03. The lowest BCUT2D eigenvalue weighted by Crippen LogP contribution is -2.50. The Kier molecular flexibility index (Phi) is 5.28. The second-order valence-electron chi connectivity index (χ2n) is 7.46. The molecule has 3 unspecified atom stereocenters. The van der Waals surface area contributed by atoms with Gasteiger partial charge in [-0.3, -0.25) is 9.69 Å². The summed E-state index contributed by atoms with van der Waals surface area (Å²) in [6, 6.07) is 19.3. The Hall–Kier alpha value is -1.84. The van der Waals surface area contributed by atoms with Crippen LogP contribution in [0.2, 0.25) is 5.02 Å². The Bertz CT molecular complexity index is 746. The van der Waals surface area contributed by atoms with E-state index in [0.29, 0.717) is 12.5 Å². The van der Waals surface area contributed by atoms with Gasteiger partial charge in [0.05, 0.1) is 0 Å². The lowest BCUT2D eigenvalue weighted by molar-refractivity contribution is -0.122. The minimum Gasteiger partial charge on any atom is -0.352 e. The van der Waals surface area contributed by atoms with Crippen LogP contribution in [0.5, 0.6) is 0 Å². The van der Waals surface area contributed by atoms with Crippen molar-refractivity contribution < 1.29 is 4.79 Å². The summed E-state index contributed by atoms with van der Waals surface area (Å²) in [5.74, 6) is 0.164. The molecule has 1 amide bonds. The summed E-state index contributed by atoms with van der Waals surface area (Å²) in [7, 11) is 0. The van der Waals surface area contributed by atoms with Gasteiger partial charge in [0.1, 0.15) is 0 Å². The van der Waals surface area contributed by atoms with Crippen molar-refractivity contribution in [2.24, 2.45) is 0 Å². The molecular weight excluding hydrogens is 344 g/mol. The molecule has 0 aromatic heterocycles. The Labute approximate surface area is 160 Å². The normalized spacial score (nSPS) is 26.7. The molecule has 2 aromatic rings. The fraction of sp³-hybridized carbons (Fsp3) is 0.409. The van der Waals surface area contributed by atoms with Crippen LogP contribution < -0.4 is 5.32 Å². The number of hydrogen-bond donors (Lipinski definition) is 1. The van der Waals surface area contributed by atoms with Crippen molar-refractivity contribution in [1.82, 2.24) is 10.2 Å². The number of nitrogens with zero attached hydrogens (tertiary/aromatic N) is 1. The first-order valence-electron chi connectivity index (χ1n) is 9.55. The molecule has 1 N–H and O–H groups in total. The SMILES string of the molecule is O=C1CC(c2ccc(Cl)cc2)N(Cc2ccccc2)C2CCCCC2N1. The van der Waals surface area contributed by atoms with Crippen molar-refractivity contribution in [3.05, 3.63) is 70.7 Å². The Morgan fingerprint density at radius 1 is 1.00 bits per heavy atom. The van der Waals surface area contributed by atoms with E-state index in [-0.39, 0.29) is 18.0 Å². The molecular formula is C22H25ClN2O. The summed E-state index contributed by atoms with van der Waals surface area (Å²) in [6.07, 6.45) is 5.15. The molecule has 136 valence electrons. The highest BCUT2D eigenvalue weighted by Crippen LogP contribution is 2.36. The third-order valence-corrected chi connectivity index (χ3v) is 6.00. The number of carbonyl (C=O) groups excluding carboxylic acids is 1. The summed E-state index contributed by atoms with van der Waals surface area (Å²) in [5.41, 5.74) is 2.47. The third-order valence-electron chi connectivity index (χ3n) is 5.74. The van der Waals surface area contributed by atoms with E-state index in [4.69, 9.17) is 11.6 Å². The lowest BCUT2D eigenvalue weighted by Gasteiger charge is -2.41. The van der Waals surface area contributed by atoms with E-state index in [1.165, 1.54) is 24.0 Å². The van der Waals surface area contributed by atoms with Crippen LogP contribution >= 0.6 is 11.6 Å². The largest absolute Gasteiger partial charge is 0.352 e. The summed E-state index contributed by atoms with van der Waals surface area (Å²) >= 11 is 6.10. The molecule has 4 rings (SSSR count). The van der Waals surface area contributed by atoms with Gasteiger partial charge in [0, 0.05) is 36.1 Å². The highest BCUT2D eigenvalue weighted by molar-refractivity contribution is 6.30. The van der Waals surface area contributed by atoms with E-state index in [1.807, 2.05) is 12.1 Å². The average molecular weight is 369 g/mol. The first-order chi connectivity index (χ1) is 12.7. The number of halogens is 1. The smallest absolute Gasteiger partial charge is 0.222 e. The molecule has 2 aliphatic rings. The van der Waals surface area contributed by atoms with Gasteiger partial charge in [-0.05, 0) is 36.1 Å². The number of hydrogen-bond acceptors (Lipinski definition) is 2. The van der Waals surface area contributed by atoms with Crippen molar-refractivity contribution >= 4 is 17.5 Å². The topological polar surface area (TPSA) is 32.3 Å². The van der Waals surface area contributed by atoms with Crippen LogP contribution in [-0.4, -0.2) is 22.9 Å². The molecule has 0 radical (unpaired) electrons.